The Morgan fingerprint density at radius 2 is 1.45 bits per heavy atom. The van der Waals surface area contributed by atoms with Gasteiger partial charge in [-0.25, -0.2) is 4.79 Å². The van der Waals surface area contributed by atoms with Crippen LogP contribution in [0, 0.1) is 11.8 Å². The van der Waals surface area contributed by atoms with E-state index >= 15 is 0 Å². The van der Waals surface area contributed by atoms with Crippen LogP contribution in [0.1, 0.15) is 31.4 Å². The van der Waals surface area contributed by atoms with Gasteiger partial charge in [0.2, 0.25) is 5.91 Å². The molecule has 1 amide bonds. The summed E-state index contributed by atoms with van der Waals surface area (Å²) < 4.78 is 13.1. The Hall–Kier alpha value is -1.99. The maximum atomic E-state index is 13.1. The number of carbonyl (C=O) groups excluding carboxylic acids is 1. The topological polar surface area (TPSA) is 131 Å². The molecule has 0 spiro atoms. The van der Waals surface area contributed by atoms with E-state index in [2.05, 4.69) is 11.1 Å². The zero-order valence-corrected chi connectivity index (χ0v) is 21.5. The van der Waals surface area contributed by atoms with Crippen LogP contribution in [-0.4, -0.2) is 39.9 Å². The number of carboxylic acids is 1. The highest BCUT2D eigenvalue weighted by atomic mass is 79.9. The fraction of sp³-hybridized carbons (Fsp3) is 0.417. The Bertz CT molecular complexity index is 927. The molecule has 2 rings (SSSR count). The number of nitrogens with one attached hydrogen (secondary N) is 1. The quantitative estimate of drug-likeness (QED) is 0.271. The van der Waals surface area contributed by atoms with Gasteiger partial charge in [-0.3, -0.25) is 9.36 Å². The average molecular weight is 541 g/mol. The smallest absolute Gasteiger partial charge is 0.326 e. The minimum Gasteiger partial charge on any atom is -1.00 e. The number of carboxylic acid groups (broad SMARTS) is 1. The largest absolute Gasteiger partial charge is 1.00 e. The third kappa shape index (κ3) is 9.80. The average Bonchev–Trinajstić information content (AvgIpc) is 2.73. The van der Waals surface area contributed by atoms with Crippen molar-refractivity contribution in [3.8, 4) is 0 Å². The molecule has 0 heterocycles. The number of carbonyl (C=O) groups is 2. The van der Waals surface area contributed by atoms with E-state index in [1.54, 1.807) is 24.3 Å². The normalized spacial score (nSPS) is 15.5. The second-order valence-electron chi connectivity index (χ2n) is 8.70. The number of benzene rings is 2. The van der Waals surface area contributed by atoms with Crippen LogP contribution in [0.15, 0.2) is 60.7 Å². The molecule has 0 fully saturated rings. The second-order valence-corrected chi connectivity index (χ2v) is 11.3. The van der Waals surface area contributed by atoms with Gasteiger partial charge in [-0.2, -0.15) is 0 Å². The number of hydrogen-bond acceptors (Lipinski definition) is 3. The van der Waals surface area contributed by atoms with Gasteiger partial charge in [-0.05, 0) is 23.5 Å². The highest BCUT2D eigenvalue weighted by molar-refractivity contribution is 7.58. The first kappa shape index (κ1) is 29.0. The molecule has 0 radical (unpaired) electrons. The van der Waals surface area contributed by atoms with Crippen molar-refractivity contribution in [2.24, 2.45) is 11.8 Å². The zero-order chi connectivity index (χ0) is 23.7. The van der Waals surface area contributed by atoms with Gasteiger partial charge in [-0.15, -0.1) is 0 Å². The van der Waals surface area contributed by atoms with Crippen LogP contribution in [0.3, 0.4) is 0 Å². The van der Waals surface area contributed by atoms with Crippen molar-refractivity contribution in [2.75, 3.05) is 6.16 Å². The van der Waals surface area contributed by atoms with E-state index in [0.29, 0.717) is 12.8 Å². The number of quaternary nitrogens is 1. The predicted molar refractivity (Wildman–Crippen MR) is 124 cm³/mol. The van der Waals surface area contributed by atoms with E-state index in [9.17, 15) is 24.2 Å². The Morgan fingerprint density at radius 3 is 1.91 bits per heavy atom. The predicted octanol–water partition coefficient (Wildman–Crippen LogP) is -0.454. The SMILES string of the molecule is CC(C)C[C@@H](CP(=O)(O)[C@H]([NH3+])Cc1ccccc1)C(=O)N[C@@H](Cc1ccccc1)C(=O)O.[Br-]. The van der Waals surface area contributed by atoms with Crippen molar-refractivity contribution in [3.05, 3.63) is 71.8 Å². The maximum Gasteiger partial charge on any atom is 0.326 e. The van der Waals surface area contributed by atoms with Gasteiger partial charge < -0.3 is 38.0 Å². The van der Waals surface area contributed by atoms with Gasteiger partial charge in [0.15, 0.2) is 5.78 Å². The summed E-state index contributed by atoms with van der Waals surface area (Å²) in [6, 6.07) is 17.3. The molecule has 0 saturated carbocycles. The van der Waals surface area contributed by atoms with Crippen LogP contribution in [0.4, 0.5) is 0 Å². The van der Waals surface area contributed by atoms with E-state index in [0.717, 1.165) is 11.1 Å². The van der Waals surface area contributed by atoms with E-state index in [1.165, 1.54) is 0 Å². The summed E-state index contributed by atoms with van der Waals surface area (Å²) in [6.07, 6.45) is 0.622. The summed E-state index contributed by atoms with van der Waals surface area (Å²) in [7, 11) is -3.77. The van der Waals surface area contributed by atoms with Crippen LogP contribution in [0.5, 0.6) is 0 Å². The Morgan fingerprint density at radius 1 is 0.970 bits per heavy atom. The highest BCUT2D eigenvalue weighted by Crippen LogP contribution is 2.47. The molecule has 33 heavy (non-hydrogen) atoms. The molecule has 0 aliphatic carbocycles. The second kappa shape index (κ2) is 13.7. The Kier molecular flexibility index (Phi) is 12.0. The zero-order valence-electron chi connectivity index (χ0n) is 19.1. The van der Waals surface area contributed by atoms with Crippen LogP contribution >= 0.6 is 7.37 Å². The molecule has 182 valence electrons. The fourth-order valence-corrected chi connectivity index (χ4v) is 5.41. The van der Waals surface area contributed by atoms with E-state index in [-0.39, 0.29) is 35.5 Å². The Labute approximate surface area is 206 Å². The number of amides is 1. The molecule has 7 nitrogen and oxygen atoms in total. The van der Waals surface area contributed by atoms with E-state index in [1.807, 2.05) is 50.2 Å². The highest BCUT2D eigenvalue weighted by Gasteiger charge is 2.37. The van der Waals surface area contributed by atoms with E-state index in [4.69, 9.17) is 0 Å². The third-order valence-corrected chi connectivity index (χ3v) is 7.68. The van der Waals surface area contributed by atoms with Crippen LogP contribution in [0.25, 0.3) is 0 Å². The minimum absolute atomic E-state index is 0. The fourth-order valence-electron chi connectivity index (χ4n) is 3.67. The monoisotopic (exact) mass is 540 g/mol. The number of rotatable bonds is 12. The summed E-state index contributed by atoms with van der Waals surface area (Å²) in [5.41, 5.74) is 5.59. The van der Waals surface area contributed by atoms with Crippen molar-refractivity contribution in [1.82, 2.24) is 5.32 Å². The van der Waals surface area contributed by atoms with Crippen molar-refractivity contribution < 1.29 is 46.9 Å². The number of hydrogen-bond donors (Lipinski definition) is 4. The standard InChI is InChI=1S/C24H33N2O5P.BrH/c1-17(2)13-20(16-32(30,31)22(25)15-19-11-7-4-8-12-19)23(27)26-21(24(28)29)14-18-9-5-3-6-10-18;/h3-12,17,20-22H,13-16,25H2,1-2H3,(H,26,27)(H,28,29)(H,30,31);1H/t20-,21-,22-;/m0./s1. The van der Waals surface area contributed by atoms with Gasteiger partial charge >= 0.3 is 5.97 Å². The molecule has 0 aromatic heterocycles. The number of aliphatic carboxylic acids is 1. The van der Waals surface area contributed by atoms with Crippen molar-refractivity contribution in [2.45, 2.75) is 44.9 Å². The summed E-state index contributed by atoms with van der Waals surface area (Å²) in [5, 5.41) is 12.2. The summed E-state index contributed by atoms with van der Waals surface area (Å²) in [5.74, 6) is -3.09. The minimum atomic E-state index is -3.77. The molecule has 2 aromatic carbocycles. The first-order valence-electron chi connectivity index (χ1n) is 10.8. The third-order valence-electron chi connectivity index (χ3n) is 5.39. The van der Waals surface area contributed by atoms with Crippen LogP contribution in [-0.2, 0) is 27.0 Å². The van der Waals surface area contributed by atoms with Gasteiger partial charge in [0.05, 0.1) is 0 Å². The molecule has 0 aliphatic rings. The molecular formula is C24H34BrN2O5P. The van der Waals surface area contributed by atoms with Gasteiger partial charge in [0.25, 0.3) is 7.37 Å². The van der Waals surface area contributed by atoms with Crippen molar-refractivity contribution >= 4 is 19.2 Å². The molecule has 9 heteroatoms. The molecular weight excluding hydrogens is 507 g/mol. The molecule has 4 atom stereocenters. The molecule has 0 saturated heterocycles. The molecule has 6 N–H and O–H groups in total. The first-order chi connectivity index (χ1) is 15.1. The lowest BCUT2D eigenvalue weighted by Gasteiger charge is -2.25. The van der Waals surface area contributed by atoms with Crippen molar-refractivity contribution in [1.29, 1.82) is 0 Å². The summed E-state index contributed by atoms with van der Waals surface area (Å²) >= 11 is 0. The van der Waals surface area contributed by atoms with Gasteiger partial charge in [-0.1, -0.05) is 74.5 Å². The van der Waals surface area contributed by atoms with Crippen LogP contribution in [0.2, 0.25) is 0 Å². The number of halogens is 1. The molecule has 2 aromatic rings. The lowest BCUT2D eigenvalue weighted by atomic mass is 9.97. The van der Waals surface area contributed by atoms with Crippen molar-refractivity contribution in [3.63, 3.8) is 0 Å². The maximum absolute atomic E-state index is 13.1. The van der Waals surface area contributed by atoms with E-state index < -0.39 is 37.0 Å². The molecule has 1 unspecified atom stereocenters. The molecule has 0 aliphatic heterocycles. The van der Waals surface area contributed by atoms with Crippen LogP contribution < -0.4 is 28.0 Å². The van der Waals surface area contributed by atoms with Gasteiger partial charge in [0, 0.05) is 24.9 Å². The molecule has 0 bridgehead atoms. The van der Waals surface area contributed by atoms with Gasteiger partial charge in [0.1, 0.15) is 6.04 Å². The lowest BCUT2D eigenvalue weighted by molar-refractivity contribution is -0.391. The lowest BCUT2D eigenvalue weighted by Crippen LogP contribution is -3.00. The first-order valence-corrected chi connectivity index (χ1v) is 12.8. The summed E-state index contributed by atoms with van der Waals surface area (Å²) in [4.78, 5) is 35.5. The summed E-state index contributed by atoms with van der Waals surface area (Å²) in [6.45, 7) is 3.85. The Balaban J connectivity index is 0.00000544.